The van der Waals surface area contributed by atoms with Crippen LogP contribution in [0.25, 0.3) is 0 Å². The molecule has 0 aromatic carbocycles. The highest BCUT2D eigenvalue weighted by molar-refractivity contribution is 5.76. The number of carbonyl (C=O) groups is 2. The number of ether oxygens (including phenoxy) is 3. The minimum absolute atomic E-state index is 0.00504. The summed E-state index contributed by atoms with van der Waals surface area (Å²) in [5.41, 5.74) is 0. The highest BCUT2D eigenvalue weighted by Crippen LogP contribution is 2.23. The molecule has 1 rings (SSSR count). The summed E-state index contributed by atoms with van der Waals surface area (Å²) in [6.07, 6.45) is 75.6. The van der Waals surface area contributed by atoms with Gasteiger partial charge in [0, 0.05) is 12.8 Å². The fourth-order valence-electron chi connectivity index (χ4n) is 11.8. The monoisotopic (exact) mass is 1230 g/mol. The number of rotatable bonds is 66. The topological polar surface area (TPSA) is 175 Å². The zero-order valence-electron chi connectivity index (χ0n) is 56.7. The molecule has 1 aliphatic heterocycles. The van der Waals surface area contributed by atoms with E-state index in [0.717, 1.165) is 64.2 Å². The number of esters is 1. The molecule has 0 spiro atoms. The Balaban J connectivity index is 1.90. The summed E-state index contributed by atoms with van der Waals surface area (Å²) in [4.78, 5) is 25.1. The van der Waals surface area contributed by atoms with Crippen molar-refractivity contribution >= 4 is 11.9 Å². The van der Waals surface area contributed by atoms with Crippen molar-refractivity contribution in [1.82, 2.24) is 5.32 Å². The fourth-order valence-corrected chi connectivity index (χ4v) is 11.8. The van der Waals surface area contributed by atoms with Crippen LogP contribution in [0.5, 0.6) is 0 Å². The molecule has 6 N–H and O–H groups in total. The second-order valence-electron chi connectivity index (χ2n) is 26.0. The second kappa shape index (κ2) is 65.1. The number of aliphatic hydroxyl groups is 5. The first-order valence-corrected chi connectivity index (χ1v) is 37.4. The number of aliphatic hydroxyl groups excluding tert-OH is 5. The Labute approximate surface area is 536 Å². The SMILES string of the molecule is CCCCCCCC/C=C\CCCCCCCCCCCC(=O)OCCCCCCCCCCC/C=C\C/C=C\CCCCCCCCCCCCCCCCCC(=O)NC(COC1OC(CO)C(O)C(O)C1O)C(O)/C=C/CCCCCCCCC. The van der Waals surface area contributed by atoms with E-state index in [1.807, 2.05) is 6.08 Å². The lowest BCUT2D eigenvalue weighted by Gasteiger charge is -2.40. The average molecular weight is 1230 g/mol. The van der Waals surface area contributed by atoms with Crippen molar-refractivity contribution in [3.63, 3.8) is 0 Å². The Hall–Kier alpha value is -2.38. The lowest BCUT2D eigenvalue weighted by molar-refractivity contribution is -0.302. The van der Waals surface area contributed by atoms with Crippen LogP contribution in [0.2, 0.25) is 0 Å². The van der Waals surface area contributed by atoms with Crippen molar-refractivity contribution < 1.29 is 49.3 Å². The van der Waals surface area contributed by atoms with Crippen LogP contribution >= 0.6 is 0 Å². The third-order valence-electron chi connectivity index (χ3n) is 17.7. The maximum atomic E-state index is 13.0. The van der Waals surface area contributed by atoms with E-state index in [0.29, 0.717) is 19.4 Å². The second-order valence-corrected chi connectivity index (χ2v) is 26.0. The zero-order chi connectivity index (χ0) is 63.0. The van der Waals surface area contributed by atoms with Gasteiger partial charge in [0.1, 0.15) is 24.4 Å². The molecule has 87 heavy (non-hydrogen) atoms. The van der Waals surface area contributed by atoms with Crippen molar-refractivity contribution in [2.75, 3.05) is 19.8 Å². The standard InChI is InChI=1S/C76H141NO10/c1-3-5-7-9-11-13-14-15-16-17-31-35-38-41-44-48-52-56-60-64-72(81)85-65-61-57-53-49-45-42-39-36-33-30-28-26-24-22-20-18-19-21-23-25-27-29-32-34-37-40-43-47-51-55-59-63-71(80)77-68(69(79)62-58-54-50-46-12-10-8-6-4-2)67-86-76-75(84)74(83)73(82)70(66-78)87-76/h15-16,20,22,26,28,58,62,68-70,73-76,78-79,82-84H,3-14,17-19,21,23-25,27,29-57,59-61,63-67H2,1-2H3,(H,77,80)/b16-15-,22-20-,28-26-,62-58+. The molecule has 7 atom stereocenters. The molecule has 1 heterocycles. The maximum Gasteiger partial charge on any atom is 0.305 e. The van der Waals surface area contributed by atoms with Crippen LogP contribution in [-0.2, 0) is 23.8 Å². The third-order valence-corrected chi connectivity index (χ3v) is 17.7. The maximum absolute atomic E-state index is 13.0. The van der Waals surface area contributed by atoms with Gasteiger partial charge in [0.15, 0.2) is 6.29 Å². The summed E-state index contributed by atoms with van der Waals surface area (Å²) in [5, 5.41) is 54.3. The Morgan fingerprint density at radius 3 is 1.17 bits per heavy atom. The van der Waals surface area contributed by atoms with Gasteiger partial charge in [-0.1, -0.05) is 306 Å². The van der Waals surface area contributed by atoms with Crippen molar-refractivity contribution in [1.29, 1.82) is 0 Å². The molecule has 0 aromatic rings. The molecule has 0 saturated carbocycles. The summed E-state index contributed by atoms with van der Waals surface area (Å²) >= 11 is 0. The van der Waals surface area contributed by atoms with Crippen LogP contribution in [0.3, 0.4) is 0 Å². The minimum atomic E-state index is -1.57. The van der Waals surface area contributed by atoms with Crippen LogP contribution in [0, 0.1) is 0 Å². The number of unbranched alkanes of at least 4 members (excludes halogenated alkanes) is 46. The van der Waals surface area contributed by atoms with E-state index in [9.17, 15) is 35.1 Å². The van der Waals surface area contributed by atoms with Crippen LogP contribution in [0.4, 0.5) is 0 Å². The average Bonchev–Trinajstić information content (AvgIpc) is 3.36. The predicted octanol–water partition coefficient (Wildman–Crippen LogP) is 19.5. The molecule has 7 unspecified atom stereocenters. The zero-order valence-corrected chi connectivity index (χ0v) is 56.7. The number of allylic oxidation sites excluding steroid dienone is 7. The van der Waals surface area contributed by atoms with Crippen molar-refractivity contribution in [3.05, 3.63) is 48.6 Å². The Bertz CT molecular complexity index is 1580. The van der Waals surface area contributed by atoms with Gasteiger partial charge in [-0.05, 0) is 89.9 Å². The lowest BCUT2D eigenvalue weighted by atomic mass is 9.99. The van der Waals surface area contributed by atoms with Gasteiger partial charge in [-0.15, -0.1) is 0 Å². The minimum Gasteiger partial charge on any atom is -0.466 e. The van der Waals surface area contributed by atoms with E-state index < -0.39 is 49.5 Å². The molecule has 11 heteroatoms. The van der Waals surface area contributed by atoms with Gasteiger partial charge in [0.05, 0.1) is 32.0 Å². The van der Waals surface area contributed by atoms with Crippen molar-refractivity contribution in [2.45, 2.75) is 403 Å². The van der Waals surface area contributed by atoms with Crippen molar-refractivity contribution in [3.8, 4) is 0 Å². The summed E-state index contributed by atoms with van der Waals surface area (Å²) in [7, 11) is 0. The molecule has 0 radical (unpaired) electrons. The van der Waals surface area contributed by atoms with E-state index in [1.165, 1.54) is 270 Å². The number of carbonyl (C=O) groups excluding carboxylic acids is 2. The summed E-state index contributed by atoms with van der Waals surface area (Å²) in [6.45, 7) is 4.34. The normalized spacial score (nSPS) is 18.1. The Morgan fingerprint density at radius 2 is 0.770 bits per heavy atom. The molecule has 1 amide bonds. The van der Waals surface area contributed by atoms with E-state index in [2.05, 4.69) is 55.6 Å². The first kappa shape index (κ1) is 82.6. The van der Waals surface area contributed by atoms with Crippen molar-refractivity contribution in [2.24, 2.45) is 0 Å². The number of nitrogens with one attached hydrogen (secondary N) is 1. The fraction of sp³-hybridized carbons (Fsp3) is 0.868. The van der Waals surface area contributed by atoms with Gasteiger partial charge >= 0.3 is 5.97 Å². The molecule has 1 saturated heterocycles. The van der Waals surface area contributed by atoms with E-state index >= 15 is 0 Å². The van der Waals surface area contributed by atoms with Gasteiger partial charge < -0.3 is 45.1 Å². The number of hydrogen-bond donors (Lipinski definition) is 6. The highest BCUT2D eigenvalue weighted by atomic mass is 16.7. The third kappa shape index (κ3) is 53.9. The van der Waals surface area contributed by atoms with Crippen LogP contribution in [0.1, 0.15) is 361 Å². The van der Waals surface area contributed by atoms with Gasteiger partial charge in [-0.2, -0.15) is 0 Å². The summed E-state index contributed by atoms with van der Waals surface area (Å²) in [5.74, 6) is -0.177. The Morgan fingerprint density at radius 1 is 0.425 bits per heavy atom. The van der Waals surface area contributed by atoms with E-state index in [4.69, 9.17) is 14.2 Å². The molecule has 1 fully saturated rings. The molecular formula is C76H141NO10. The number of hydrogen-bond acceptors (Lipinski definition) is 10. The quantitative estimate of drug-likeness (QED) is 0.0195. The molecule has 510 valence electrons. The molecule has 0 aliphatic carbocycles. The van der Waals surface area contributed by atoms with Crippen LogP contribution in [-0.4, -0.2) is 100 Å². The van der Waals surface area contributed by atoms with Gasteiger partial charge in [0.25, 0.3) is 0 Å². The van der Waals surface area contributed by atoms with E-state index in [1.54, 1.807) is 6.08 Å². The summed E-state index contributed by atoms with van der Waals surface area (Å²) in [6, 6.07) is -0.809. The largest absolute Gasteiger partial charge is 0.466 e. The predicted molar refractivity (Wildman–Crippen MR) is 366 cm³/mol. The first-order chi connectivity index (χ1) is 42.7. The Kier molecular flexibility index (Phi) is 61.9. The first-order valence-electron chi connectivity index (χ1n) is 37.4. The van der Waals surface area contributed by atoms with Crippen LogP contribution < -0.4 is 5.32 Å². The van der Waals surface area contributed by atoms with E-state index in [-0.39, 0.29) is 18.5 Å². The lowest BCUT2D eigenvalue weighted by Crippen LogP contribution is -2.60. The van der Waals surface area contributed by atoms with Gasteiger partial charge in [-0.25, -0.2) is 0 Å². The molecule has 1 aliphatic rings. The molecule has 0 bridgehead atoms. The van der Waals surface area contributed by atoms with Gasteiger partial charge in [-0.3, -0.25) is 9.59 Å². The molecule has 0 aromatic heterocycles. The van der Waals surface area contributed by atoms with Crippen LogP contribution in [0.15, 0.2) is 48.6 Å². The smallest absolute Gasteiger partial charge is 0.305 e. The molecular weight excluding hydrogens is 1090 g/mol. The molecule has 11 nitrogen and oxygen atoms in total. The number of amides is 1. The van der Waals surface area contributed by atoms with Gasteiger partial charge in [0.2, 0.25) is 5.91 Å². The highest BCUT2D eigenvalue weighted by Gasteiger charge is 2.44. The summed E-state index contributed by atoms with van der Waals surface area (Å²) < 4.78 is 16.7.